The standard InChI is InChI=1S/C16H15ClN2.3CO.Re/c1-8-7-18-14-12(9(8)2)5-6-13-10(3)11(4)16(17)19-15(13)14;3*1-2;/h5-7H,1-4H3;;;;. The van der Waals surface area contributed by atoms with Gasteiger partial charge in [0.15, 0.2) is 0 Å². The number of nitrogens with zero attached hydrogens (tertiary/aromatic N) is 2. The molecule has 0 spiro atoms. The zero-order valence-corrected chi connectivity index (χ0v) is 18.1. The molecule has 0 fully saturated rings. The Labute approximate surface area is 171 Å². The molecule has 1 aromatic carbocycles. The van der Waals surface area contributed by atoms with Crippen molar-refractivity contribution < 1.29 is 34.8 Å². The summed E-state index contributed by atoms with van der Waals surface area (Å²) in [5, 5.41) is 2.85. The second kappa shape index (κ2) is 12.4. The van der Waals surface area contributed by atoms with E-state index < -0.39 is 0 Å². The van der Waals surface area contributed by atoms with Crippen LogP contribution >= 0.6 is 11.6 Å². The number of aromatic nitrogens is 2. The molecule has 2 heterocycles. The van der Waals surface area contributed by atoms with Crippen LogP contribution in [-0.4, -0.2) is 30.3 Å². The monoisotopic (exact) mass is 541 g/mol. The molecule has 7 radical (unpaired) electrons. The summed E-state index contributed by atoms with van der Waals surface area (Å²) in [5.74, 6) is 0. The zero-order valence-electron chi connectivity index (χ0n) is 14.6. The molecule has 0 aliphatic heterocycles. The first kappa shape index (κ1) is 26.2. The van der Waals surface area contributed by atoms with Gasteiger partial charge in [0.25, 0.3) is 20.4 Å². The van der Waals surface area contributed by atoms with Gasteiger partial charge in [-0.15, -0.1) is 0 Å². The molecule has 2 aromatic heterocycles. The number of hydrogen-bond donors (Lipinski definition) is 0. The van der Waals surface area contributed by atoms with Crippen LogP contribution in [0.25, 0.3) is 21.8 Å². The van der Waals surface area contributed by atoms with Crippen molar-refractivity contribution in [3.63, 3.8) is 0 Å². The Kier molecular flexibility index (Phi) is 12.5. The van der Waals surface area contributed by atoms with Crippen LogP contribution in [0.5, 0.6) is 0 Å². The fraction of sp³-hybridized carbons (Fsp3) is 0.211. The first-order valence-electron chi connectivity index (χ1n) is 6.93. The second-order valence-electron chi connectivity index (χ2n) is 5.08. The van der Waals surface area contributed by atoms with E-state index in [-0.39, 0.29) is 20.4 Å². The van der Waals surface area contributed by atoms with Crippen LogP contribution < -0.4 is 0 Å². The smallest absolute Gasteiger partial charge is 0.281 e. The minimum Gasteiger partial charge on any atom is -0.281 e. The number of aryl methyl sites for hydroxylation is 3. The summed E-state index contributed by atoms with van der Waals surface area (Å²) in [5.41, 5.74) is 6.50. The first-order valence-corrected chi connectivity index (χ1v) is 7.31. The summed E-state index contributed by atoms with van der Waals surface area (Å²) in [6.45, 7) is 21.8. The van der Waals surface area contributed by atoms with Crippen LogP contribution in [0.1, 0.15) is 22.3 Å². The Bertz CT molecular complexity index is 883. The SMILES string of the molecule is Cc1cnc2c(ccc3c(C)c(C)c(Cl)nc32)c1C.[C]=O.[C]=O.[C]=O.[Re]. The molecule has 0 amide bonds. The molecule has 0 bridgehead atoms. The van der Waals surface area contributed by atoms with Gasteiger partial charge >= 0.3 is 0 Å². The van der Waals surface area contributed by atoms with Crippen molar-refractivity contribution in [1.82, 2.24) is 9.97 Å². The van der Waals surface area contributed by atoms with Gasteiger partial charge in [-0.25, -0.2) is 4.98 Å². The maximum atomic E-state index is 7.50. The Morgan fingerprint density at radius 1 is 0.769 bits per heavy atom. The Hall–Kier alpha value is -2.00. The number of fused-ring (bicyclic) bond motifs is 3. The molecule has 5 nitrogen and oxygen atoms in total. The third-order valence-electron chi connectivity index (χ3n) is 4.02. The van der Waals surface area contributed by atoms with Gasteiger partial charge in [0.05, 0.1) is 11.0 Å². The van der Waals surface area contributed by atoms with Crippen molar-refractivity contribution in [3.8, 4) is 0 Å². The van der Waals surface area contributed by atoms with Crippen LogP contribution in [0.2, 0.25) is 5.15 Å². The fourth-order valence-electron chi connectivity index (χ4n) is 2.44. The molecule has 26 heavy (non-hydrogen) atoms. The van der Waals surface area contributed by atoms with Crippen LogP contribution in [0.4, 0.5) is 0 Å². The third kappa shape index (κ3) is 5.01. The Balaban J connectivity index is 0. The van der Waals surface area contributed by atoms with Gasteiger partial charge in [0.1, 0.15) is 5.15 Å². The number of carbonyl (C=O) groups excluding carboxylic acids is 3. The van der Waals surface area contributed by atoms with E-state index in [1.54, 1.807) is 0 Å². The van der Waals surface area contributed by atoms with Gasteiger partial charge in [-0.3, -0.25) is 19.4 Å². The van der Waals surface area contributed by atoms with Gasteiger partial charge in [-0.1, -0.05) is 23.7 Å². The van der Waals surface area contributed by atoms with Crippen LogP contribution in [-0.2, 0) is 34.8 Å². The van der Waals surface area contributed by atoms with E-state index in [1.165, 1.54) is 16.7 Å². The normalized spacial score (nSPS) is 8.81. The van der Waals surface area contributed by atoms with Crippen LogP contribution in [0, 0.1) is 27.7 Å². The number of halogens is 1. The molecular weight excluding hydrogens is 526 g/mol. The van der Waals surface area contributed by atoms with Gasteiger partial charge < -0.3 is 0 Å². The minimum absolute atomic E-state index is 0. The topological polar surface area (TPSA) is 77.0 Å². The van der Waals surface area contributed by atoms with E-state index in [4.69, 9.17) is 26.0 Å². The van der Waals surface area contributed by atoms with Crippen molar-refractivity contribution in [1.29, 1.82) is 0 Å². The van der Waals surface area contributed by atoms with Crippen LogP contribution in [0.3, 0.4) is 0 Å². The molecule has 3 rings (SSSR count). The molecule has 0 saturated heterocycles. The number of rotatable bonds is 0. The minimum atomic E-state index is 0. The Morgan fingerprint density at radius 2 is 1.23 bits per heavy atom. The largest absolute Gasteiger partial charge is 0.281 e. The fourth-order valence-corrected chi connectivity index (χ4v) is 2.66. The average molecular weight is 541 g/mol. The molecule has 3 aromatic rings. The number of benzene rings is 1. The maximum absolute atomic E-state index is 7.50. The molecule has 7 heteroatoms. The summed E-state index contributed by atoms with van der Waals surface area (Å²) < 4.78 is 0. The van der Waals surface area contributed by atoms with Crippen molar-refractivity contribution in [2.45, 2.75) is 27.7 Å². The van der Waals surface area contributed by atoms with E-state index in [0.29, 0.717) is 5.15 Å². The molecule has 0 aliphatic carbocycles. The van der Waals surface area contributed by atoms with Crippen molar-refractivity contribution in [2.75, 3.05) is 0 Å². The van der Waals surface area contributed by atoms with Gasteiger partial charge in [-0.05, 0) is 49.9 Å². The third-order valence-corrected chi connectivity index (χ3v) is 4.39. The Morgan fingerprint density at radius 3 is 1.73 bits per heavy atom. The molecule has 0 atom stereocenters. The van der Waals surface area contributed by atoms with Crippen molar-refractivity contribution >= 4 is 53.8 Å². The molecular formula is C19H15ClN2O3Re. The van der Waals surface area contributed by atoms with E-state index in [9.17, 15) is 0 Å². The maximum Gasteiger partial charge on any atom is 0.281 e. The molecule has 0 saturated carbocycles. The predicted octanol–water partition coefficient (Wildman–Crippen LogP) is 3.48. The molecule has 133 valence electrons. The summed E-state index contributed by atoms with van der Waals surface area (Å²) in [4.78, 5) is 31.6. The van der Waals surface area contributed by atoms with E-state index in [1.807, 2.05) is 13.1 Å². The molecule has 0 aliphatic rings. The summed E-state index contributed by atoms with van der Waals surface area (Å²) in [6.07, 6.45) is 1.90. The second-order valence-corrected chi connectivity index (χ2v) is 5.43. The van der Waals surface area contributed by atoms with Gasteiger partial charge in [-0.2, -0.15) is 0 Å². The quantitative estimate of drug-likeness (QED) is 0.322. The van der Waals surface area contributed by atoms with Crippen molar-refractivity contribution in [3.05, 3.63) is 45.7 Å². The summed E-state index contributed by atoms with van der Waals surface area (Å²) in [7, 11) is 0. The van der Waals surface area contributed by atoms with Gasteiger partial charge in [0.2, 0.25) is 0 Å². The van der Waals surface area contributed by atoms with E-state index in [2.05, 4.69) is 63.2 Å². The molecule has 0 N–H and O–H groups in total. The van der Waals surface area contributed by atoms with Crippen LogP contribution in [0.15, 0.2) is 18.3 Å². The van der Waals surface area contributed by atoms with E-state index >= 15 is 0 Å². The summed E-state index contributed by atoms with van der Waals surface area (Å²) >= 11 is 6.23. The first-order chi connectivity index (χ1) is 12.0. The predicted molar refractivity (Wildman–Crippen MR) is 98.1 cm³/mol. The summed E-state index contributed by atoms with van der Waals surface area (Å²) in [6, 6.07) is 4.26. The number of hydrogen-bond acceptors (Lipinski definition) is 5. The van der Waals surface area contributed by atoms with Crippen molar-refractivity contribution in [2.24, 2.45) is 0 Å². The molecule has 0 unspecified atom stereocenters. The zero-order chi connectivity index (χ0) is 19.7. The van der Waals surface area contributed by atoms with Gasteiger partial charge in [0, 0.05) is 37.4 Å². The van der Waals surface area contributed by atoms with E-state index in [0.717, 1.165) is 27.4 Å². The average Bonchev–Trinajstić information content (AvgIpc) is 2.67. The number of pyridine rings is 2.